The molecule has 3 rings (SSSR count). The highest BCUT2D eigenvalue weighted by atomic mass is 15.2. The van der Waals surface area contributed by atoms with Gasteiger partial charge in [0.15, 0.2) is 0 Å². The Balaban J connectivity index is 1.33. The van der Waals surface area contributed by atoms with Gasteiger partial charge in [0.25, 0.3) is 0 Å². The maximum Gasteiger partial charge on any atom is 0.00964 e. The van der Waals surface area contributed by atoms with Gasteiger partial charge in [0.1, 0.15) is 0 Å². The van der Waals surface area contributed by atoms with Gasteiger partial charge in [0, 0.05) is 12.1 Å². The zero-order valence-electron chi connectivity index (χ0n) is 12.0. The lowest BCUT2D eigenvalue weighted by molar-refractivity contribution is 0.180. The highest BCUT2D eigenvalue weighted by Gasteiger charge is 2.31. The first-order chi connectivity index (χ1) is 8.81. The predicted molar refractivity (Wildman–Crippen MR) is 76.7 cm³/mol. The van der Waals surface area contributed by atoms with Crippen LogP contribution in [0, 0.1) is 11.8 Å². The molecule has 0 aromatic heterocycles. The summed E-state index contributed by atoms with van der Waals surface area (Å²) in [7, 11) is 0. The van der Waals surface area contributed by atoms with Crippen molar-refractivity contribution in [1.29, 1.82) is 0 Å². The smallest absolute Gasteiger partial charge is 0.00964 e. The topological polar surface area (TPSA) is 15.3 Å². The SMILES string of the molecule is CC1CCCC(CNC2CCN(C3CC3)CC2)C1. The summed E-state index contributed by atoms with van der Waals surface area (Å²) in [6.45, 7) is 6.42. The number of nitrogens with zero attached hydrogens (tertiary/aromatic N) is 1. The van der Waals surface area contributed by atoms with Gasteiger partial charge < -0.3 is 10.2 Å². The van der Waals surface area contributed by atoms with Crippen molar-refractivity contribution in [1.82, 2.24) is 10.2 Å². The fourth-order valence-electron chi connectivity index (χ4n) is 3.99. The van der Waals surface area contributed by atoms with E-state index in [1.807, 2.05) is 0 Å². The molecule has 2 saturated carbocycles. The van der Waals surface area contributed by atoms with E-state index in [1.54, 1.807) is 0 Å². The molecule has 0 aromatic carbocycles. The van der Waals surface area contributed by atoms with Gasteiger partial charge in [-0.1, -0.05) is 19.8 Å². The number of piperidine rings is 1. The molecule has 104 valence electrons. The Bertz CT molecular complexity index is 254. The van der Waals surface area contributed by atoms with Crippen molar-refractivity contribution < 1.29 is 0 Å². The predicted octanol–water partition coefficient (Wildman–Crippen LogP) is 3.03. The van der Waals surface area contributed by atoms with Crippen molar-refractivity contribution in [3.8, 4) is 0 Å². The van der Waals surface area contributed by atoms with Crippen LogP contribution in [-0.2, 0) is 0 Å². The van der Waals surface area contributed by atoms with E-state index in [2.05, 4.69) is 17.1 Å². The second-order valence-corrected chi connectivity index (χ2v) is 7.09. The Labute approximate surface area is 113 Å². The van der Waals surface area contributed by atoms with Crippen LogP contribution in [0.1, 0.15) is 58.3 Å². The molecule has 1 heterocycles. The molecule has 3 aliphatic rings. The van der Waals surface area contributed by atoms with Gasteiger partial charge in [0.2, 0.25) is 0 Å². The van der Waals surface area contributed by atoms with Crippen molar-refractivity contribution in [3.05, 3.63) is 0 Å². The van der Waals surface area contributed by atoms with Crippen LogP contribution in [0.3, 0.4) is 0 Å². The Morgan fingerprint density at radius 3 is 2.44 bits per heavy atom. The summed E-state index contributed by atoms with van der Waals surface area (Å²) in [5, 5.41) is 3.87. The van der Waals surface area contributed by atoms with E-state index >= 15 is 0 Å². The van der Waals surface area contributed by atoms with Gasteiger partial charge in [-0.2, -0.15) is 0 Å². The molecule has 1 saturated heterocycles. The minimum atomic E-state index is 0.817. The second-order valence-electron chi connectivity index (χ2n) is 7.09. The first-order valence-corrected chi connectivity index (χ1v) is 8.28. The van der Waals surface area contributed by atoms with Crippen LogP contribution in [0.15, 0.2) is 0 Å². The van der Waals surface area contributed by atoms with Crippen LogP contribution in [0.25, 0.3) is 0 Å². The molecular weight excluding hydrogens is 220 g/mol. The van der Waals surface area contributed by atoms with Gasteiger partial charge >= 0.3 is 0 Å². The average Bonchev–Trinajstić information content (AvgIpc) is 3.21. The quantitative estimate of drug-likeness (QED) is 0.825. The van der Waals surface area contributed by atoms with E-state index < -0.39 is 0 Å². The van der Waals surface area contributed by atoms with Crippen molar-refractivity contribution in [3.63, 3.8) is 0 Å². The summed E-state index contributed by atoms with van der Waals surface area (Å²) in [4.78, 5) is 2.72. The van der Waals surface area contributed by atoms with Gasteiger partial charge in [-0.05, 0) is 70.0 Å². The molecule has 2 heteroatoms. The van der Waals surface area contributed by atoms with Crippen molar-refractivity contribution in [2.75, 3.05) is 19.6 Å². The maximum absolute atomic E-state index is 3.87. The number of rotatable bonds is 4. The normalized spacial score (nSPS) is 35.8. The van der Waals surface area contributed by atoms with E-state index in [4.69, 9.17) is 0 Å². The summed E-state index contributed by atoms with van der Waals surface area (Å²) < 4.78 is 0. The first-order valence-electron chi connectivity index (χ1n) is 8.28. The third-order valence-corrected chi connectivity index (χ3v) is 5.33. The zero-order valence-corrected chi connectivity index (χ0v) is 12.0. The standard InChI is InChI=1S/C16H30N2/c1-13-3-2-4-14(11-13)12-17-15-7-9-18(10-8-15)16-5-6-16/h13-17H,2-12H2,1H3. The summed E-state index contributed by atoms with van der Waals surface area (Å²) in [6.07, 6.45) is 11.6. The monoisotopic (exact) mass is 250 g/mol. The minimum absolute atomic E-state index is 0.817. The summed E-state index contributed by atoms with van der Waals surface area (Å²) in [5.74, 6) is 1.94. The molecule has 2 nitrogen and oxygen atoms in total. The van der Waals surface area contributed by atoms with Crippen LogP contribution in [-0.4, -0.2) is 36.6 Å². The summed E-state index contributed by atoms with van der Waals surface area (Å²) in [6, 6.07) is 1.79. The largest absolute Gasteiger partial charge is 0.314 e. The molecule has 0 amide bonds. The fraction of sp³-hybridized carbons (Fsp3) is 1.00. The lowest BCUT2D eigenvalue weighted by Gasteiger charge is -2.34. The highest BCUT2D eigenvalue weighted by molar-refractivity contribution is 4.89. The number of nitrogens with one attached hydrogen (secondary N) is 1. The maximum atomic E-state index is 3.87. The first kappa shape index (κ1) is 12.9. The summed E-state index contributed by atoms with van der Waals surface area (Å²) in [5.41, 5.74) is 0. The number of likely N-dealkylation sites (tertiary alicyclic amines) is 1. The molecule has 0 bridgehead atoms. The Morgan fingerprint density at radius 2 is 1.78 bits per heavy atom. The van der Waals surface area contributed by atoms with E-state index in [1.165, 1.54) is 71.0 Å². The lowest BCUT2D eigenvalue weighted by atomic mass is 9.82. The number of hydrogen-bond acceptors (Lipinski definition) is 2. The summed E-state index contributed by atoms with van der Waals surface area (Å²) >= 11 is 0. The molecule has 3 fully saturated rings. The Morgan fingerprint density at radius 1 is 1.00 bits per heavy atom. The molecule has 0 aromatic rings. The van der Waals surface area contributed by atoms with Crippen LogP contribution >= 0.6 is 0 Å². The van der Waals surface area contributed by atoms with Crippen LogP contribution in [0.4, 0.5) is 0 Å². The Kier molecular flexibility index (Phi) is 4.25. The molecular formula is C16H30N2. The van der Waals surface area contributed by atoms with E-state index in [0.717, 1.165) is 23.9 Å². The highest BCUT2D eigenvalue weighted by Crippen LogP contribution is 2.30. The van der Waals surface area contributed by atoms with Gasteiger partial charge in [-0.15, -0.1) is 0 Å². The zero-order chi connectivity index (χ0) is 12.4. The van der Waals surface area contributed by atoms with E-state index in [9.17, 15) is 0 Å². The average molecular weight is 250 g/mol. The molecule has 2 atom stereocenters. The molecule has 1 aliphatic heterocycles. The van der Waals surface area contributed by atoms with Gasteiger partial charge in [0.05, 0.1) is 0 Å². The van der Waals surface area contributed by atoms with Crippen LogP contribution in [0.5, 0.6) is 0 Å². The van der Waals surface area contributed by atoms with Gasteiger partial charge in [-0.3, -0.25) is 0 Å². The third-order valence-electron chi connectivity index (χ3n) is 5.33. The van der Waals surface area contributed by atoms with E-state index in [0.29, 0.717) is 0 Å². The number of hydrogen-bond donors (Lipinski definition) is 1. The molecule has 18 heavy (non-hydrogen) atoms. The molecule has 2 aliphatic carbocycles. The lowest BCUT2D eigenvalue weighted by Crippen LogP contribution is -2.44. The van der Waals surface area contributed by atoms with E-state index in [-0.39, 0.29) is 0 Å². The molecule has 0 radical (unpaired) electrons. The molecule has 2 unspecified atom stereocenters. The van der Waals surface area contributed by atoms with Gasteiger partial charge in [-0.25, -0.2) is 0 Å². The fourth-order valence-corrected chi connectivity index (χ4v) is 3.99. The Hall–Kier alpha value is -0.0800. The van der Waals surface area contributed by atoms with Crippen molar-refractivity contribution in [2.45, 2.75) is 70.4 Å². The third kappa shape index (κ3) is 3.48. The van der Waals surface area contributed by atoms with Crippen LogP contribution in [0.2, 0.25) is 0 Å². The van der Waals surface area contributed by atoms with Crippen molar-refractivity contribution >= 4 is 0 Å². The molecule has 0 spiro atoms. The second kappa shape index (κ2) is 5.92. The molecule has 1 N–H and O–H groups in total. The van der Waals surface area contributed by atoms with Crippen LogP contribution < -0.4 is 5.32 Å². The minimum Gasteiger partial charge on any atom is -0.314 e. The van der Waals surface area contributed by atoms with Crippen molar-refractivity contribution in [2.24, 2.45) is 11.8 Å².